The maximum absolute atomic E-state index is 14.6. The van der Waals surface area contributed by atoms with Gasteiger partial charge >= 0.3 is 0 Å². The van der Waals surface area contributed by atoms with E-state index >= 15 is 0 Å². The summed E-state index contributed by atoms with van der Waals surface area (Å²) in [5, 5.41) is 24.1. The second-order valence-corrected chi connectivity index (χ2v) is 22.7. The molecule has 3 fully saturated rings. The minimum atomic E-state index is -0.807. The number of carbonyl (C=O) groups is 2. The molecule has 10 rings (SSSR count). The van der Waals surface area contributed by atoms with Crippen LogP contribution in [0.5, 0.6) is 0 Å². The quantitative estimate of drug-likeness (QED) is 0.137. The summed E-state index contributed by atoms with van der Waals surface area (Å²) < 4.78 is 3.83. The van der Waals surface area contributed by atoms with Crippen LogP contribution in [0.3, 0.4) is 0 Å². The molecule has 2 amide bonds. The summed E-state index contributed by atoms with van der Waals surface area (Å²) in [4.78, 5) is 58.3. The zero-order valence-corrected chi connectivity index (χ0v) is 42.2. The molecule has 3 aliphatic heterocycles. The molecule has 362 valence electrons. The number of halogens is 1. The lowest BCUT2D eigenvalue weighted by molar-refractivity contribution is -0.144. The molecule has 0 spiro atoms. The number of likely N-dealkylation sites (tertiary alicyclic amines) is 1. The zero-order chi connectivity index (χ0) is 48.5. The van der Waals surface area contributed by atoms with Gasteiger partial charge in [0.25, 0.3) is 5.56 Å². The third-order valence-electron chi connectivity index (χ3n) is 15.3. The molecular weight excluding hydrogens is 908 g/mol. The van der Waals surface area contributed by atoms with Crippen LogP contribution in [-0.2, 0) is 15.0 Å². The van der Waals surface area contributed by atoms with Crippen molar-refractivity contribution in [2.75, 3.05) is 44.2 Å². The lowest BCUT2D eigenvalue weighted by Crippen LogP contribution is -2.50. The van der Waals surface area contributed by atoms with E-state index in [2.05, 4.69) is 72.0 Å². The predicted molar refractivity (Wildman–Crippen MR) is 271 cm³/mol. The van der Waals surface area contributed by atoms with E-state index in [4.69, 9.17) is 11.6 Å². The Balaban J connectivity index is 0.742. The van der Waals surface area contributed by atoms with E-state index in [0.29, 0.717) is 16.3 Å². The lowest BCUT2D eigenvalue weighted by atomic mass is 9.80. The third kappa shape index (κ3) is 8.89. The van der Waals surface area contributed by atoms with Crippen molar-refractivity contribution in [3.05, 3.63) is 116 Å². The second kappa shape index (κ2) is 18.4. The molecule has 69 heavy (non-hydrogen) atoms. The van der Waals surface area contributed by atoms with E-state index in [1.54, 1.807) is 27.0 Å². The van der Waals surface area contributed by atoms with Gasteiger partial charge in [-0.25, -0.2) is 9.67 Å². The van der Waals surface area contributed by atoms with Crippen LogP contribution < -0.4 is 15.8 Å². The van der Waals surface area contributed by atoms with E-state index in [-0.39, 0.29) is 42.3 Å². The van der Waals surface area contributed by atoms with Gasteiger partial charge in [-0.2, -0.15) is 4.98 Å². The van der Waals surface area contributed by atoms with Crippen LogP contribution in [0.4, 0.5) is 5.69 Å². The van der Waals surface area contributed by atoms with Crippen LogP contribution in [0.2, 0.25) is 5.02 Å². The number of aliphatic hydroxyl groups is 1. The van der Waals surface area contributed by atoms with Gasteiger partial charge < -0.3 is 20.2 Å². The van der Waals surface area contributed by atoms with Crippen LogP contribution in [0.25, 0.3) is 27.0 Å². The molecule has 6 heterocycles. The zero-order valence-electron chi connectivity index (χ0n) is 40.7. The number of amides is 2. The summed E-state index contributed by atoms with van der Waals surface area (Å²) in [6.07, 6.45) is 5.54. The van der Waals surface area contributed by atoms with Crippen molar-refractivity contribution in [3.8, 4) is 16.1 Å². The van der Waals surface area contributed by atoms with Gasteiger partial charge in [-0.05, 0) is 106 Å². The molecule has 14 nitrogen and oxygen atoms in total. The number of β-amino-alcohol motifs (C(OH)–C–C–N with tert-alkyl or cyclic N) is 1. The highest BCUT2D eigenvalue weighted by Crippen LogP contribution is 2.45. The molecular formula is C53H63ClN10O4S. The molecule has 0 radical (unpaired) electrons. The highest BCUT2D eigenvalue weighted by atomic mass is 35.5. The van der Waals surface area contributed by atoms with E-state index in [1.165, 1.54) is 5.69 Å². The van der Waals surface area contributed by atoms with E-state index in [0.717, 1.165) is 108 Å². The number of aryl methyl sites for hydroxylation is 1. The van der Waals surface area contributed by atoms with Crippen molar-refractivity contribution in [2.45, 2.75) is 116 Å². The maximum Gasteiger partial charge on any atom is 0.282 e. The minimum absolute atomic E-state index is 0.0821. The number of benzene rings is 3. The molecule has 3 aromatic heterocycles. The van der Waals surface area contributed by atoms with Crippen molar-refractivity contribution in [1.82, 2.24) is 44.6 Å². The Morgan fingerprint density at radius 1 is 1.00 bits per heavy atom. The number of carbonyl (C=O) groups excluding carboxylic acids is 2. The van der Waals surface area contributed by atoms with E-state index < -0.39 is 29.0 Å². The first kappa shape index (κ1) is 47.2. The van der Waals surface area contributed by atoms with Gasteiger partial charge in [0.2, 0.25) is 11.8 Å². The topological polar surface area (TPSA) is 155 Å². The van der Waals surface area contributed by atoms with E-state index in [1.807, 2.05) is 82.7 Å². The third-order valence-corrected chi connectivity index (χ3v) is 16.6. The first-order valence-electron chi connectivity index (χ1n) is 24.5. The highest BCUT2D eigenvalue weighted by Gasteiger charge is 2.46. The molecule has 2 saturated heterocycles. The summed E-state index contributed by atoms with van der Waals surface area (Å²) in [5.41, 5.74) is 8.67. The largest absolute Gasteiger partial charge is 0.391 e. The number of hydrogen-bond acceptors (Lipinski definition) is 11. The Morgan fingerprint density at radius 2 is 1.74 bits per heavy atom. The Bertz CT molecular complexity index is 2960. The number of anilines is 1. The number of fused-ring (bicyclic) bond motifs is 5. The number of piperazine rings is 1. The fourth-order valence-corrected chi connectivity index (χ4v) is 12.5. The first-order chi connectivity index (χ1) is 33.0. The van der Waals surface area contributed by atoms with Crippen LogP contribution in [0, 0.1) is 18.3 Å². The highest BCUT2D eigenvalue weighted by molar-refractivity contribution is 7.13. The molecule has 3 aromatic carbocycles. The Morgan fingerprint density at radius 3 is 2.43 bits per heavy atom. The number of thiazole rings is 1. The molecule has 4 aliphatic rings. The van der Waals surface area contributed by atoms with Crippen LogP contribution in [0.15, 0.2) is 77.2 Å². The van der Waals surface area contributed by atoms with Crippen molar-refractivity contribution in [1.29, 1.82) is 0 Å². The van der Waals surface area contributed by atoms with Crippen molar-refractivity contribution in [2.24, 2.45) is 11.3 Å². The summed E-state index contributed by atoms with van der Waals surface area (Å²) in [7, 11) is 0. The number of nitrogens with one attached hydrogen (secondary N) is 1. The van der Waals surface area contributed by atoms with Crippen LogP contribution in [0.1, 0.15) is 120 Å². The van der Waals surface area contributed by atoms with Gasteiger partial charge in [0.05, 0.1) is 60.9 Å². The Hall–Kier alpha value is -5.48. The second-order valence-electron chi connectivity index (χ2n) is 21.4. The fourth-order valence-electron chi connectivity index (χ4n) is 11.5. The van der Waals surface area contributed by atoms with Crippen molar-refractivity contribution >= 4 is 51.3 Å². The number of rotatable bonds is 10. The standard InChI is InChI=1S/C53H63ClN10O4S/c1-31(34-15-17-36(18-16-34)46-32(2)55-30-69-46)56-48(66)44-26-38(65)28-62(44)50(68)47(52(3,4)5)63-29-41(58-59-63)35-13-11-33(12-14-35)27-60-21-23-61(24-22-60)37-19-20-39-43(25-37)64-42-10-8-9-40(54)45(42)49(67)57-51(64)53(39,6)7/h8-10,15-20,25,29-31,33,35,38,44,47,65H,11-14,21-24,26-28H2,1-7H3,(H,56,66)/t31-,33?,35?,38+,44-,47+/m0/s1. The number of aromatic nitrogens is 6. The minimum Gasteiger partial charge on any atom is -0.391 e. The van der Waals surface area contributed by atoms with Crippen molar-refractivity contribution < 1.29 is 14.7 Å². The molecule has 1 aliphatic carbocycles. The van der Waals surface area contributed by atoms with Gasteiger partial charge in [-0.1, -0.05) is 74.0 Å². The number of hydrogen-bond donors (Lipinski definition) is 2. The lowest BCUT2D eigenvalue weighted by Gasteiger charge is -2.39. The normalized spacial score (nSPS) is 22.4. The summed E-state index contributed by atoms with van der Waals surface area (Å²) in [6.45, 7) is 19.2. The van der Waals surface area contributed by atoms with Crippen LogP contribution in [-0.4, -0.2) is 108 Å². The van der Waals surface area contributed by atoms with Crippen molar-refractivity contribution in [3.63, 3.8) is 0 Å². The SMILES string of the molecule is Cc1ncsc1-c1ccc([C@H](C)NC(=O)[C@@H]2C[C@@H](O)CN2C(=O)[C@@H](n2cc(C3CCC(CN4CCN(c5ccc6c(c5)-n5c(nc(=O)c7c(Cl)cccc75)C6(C)C)CC4)CC3)nn2)C(C)(C)C)cc1. The predicted octanol–water partition coefficient (Wildman–Crippen LogP) is 8.22. The Kier molecular flexibility index (Phi) is 12.6. The van der Waals surface area contributed by atoms with Gasteiger partial charge in [-0.3, -0.25) is 23.9 Å². The molecule has 0 bridgehead atoms. The van der Waals surface area contributed by atoms with Crippen LogP contribution >= 0.6 is 22.9 Å². The monoisotopic (exact) mass is 970 g/mol. The number of aliphatic hydroxyl groups excluding tert-OH is 1. The van der Waals surface area contributed by atoms with Gasteiger partial charge in [0.1, 0.15) is 17.9 Å². The number of nitrogens with zero attached hydrogens (tertiary/aromatic N) is 9. The molecule has 4 atom stereocenters. The average Bonchev–Trinajstić information content (AvgIpc) is 4.12. The smallest absolute Gasteiger partial charge is 0.282 e. The maximum atomic E-state index is 14.6. The summed E-state index contributed by atoms with van der Waals surface area (Å²) in [5.74, 6) is 1.07. The van der Waals surface area contributed by atoms with Gasteiger partial charge in [0.15, 0.2) is 0 Å². The summed E-state index contributed by atoms with van der Waals surface area (Å²) in [6, 6.07) is 18.6. The average molecular weight is 972 g/mol. The molecule has 6 aromatic rings. The van der Waals surface area contributed by atoms with Gasteiger partial charge in [0, 0.05) is 63.5 Å². The fraction of sp³-hybridized carbons (Fsp3) is 0.491. The Labute approximate surface area is 412 Å². The first-order valence-corrected chi connectivity index (χ1v) is 25.8. The van der Waals surface area contributed by atoms with E-state index in [9.17, 15) is 19.5 Å². The molecule has 0 unspecified atom stereocenters. The molecule has 1 saturated carbocycles. The molecule has 16 heteroatoms. The molecule has 2 N–H and O–H groups in total. The van der Waals surface area contributed by atoms with Gasteiger partial charge in [-0.15, -0.1) is 16.4 Å². The summed E-state index contributed by atoms with van der Waals surface area (Å²) >= 11 is 8.14.